The third-order valence-electron chi connectivity index (χ3n) is 8.93. The van der Waals surface area contributed by atoms with Crippen LogP contribution in [0.2, 0.25) is 0 Å². The van der Waals surface area contributed by atoms with Crippen molar-refractivity contribution in [2.75, 3.05) is 0 Å². The van der Waals surface area contributed by atoms with E-state index in [0.29, 0.717) is 34.2 Å². The SMILES string of the molecule is CCC(CC)C(=O)/C=C(\O)C(CC)CC.[2H]c1c(-c2cc3ccccc3o2)oc2c(-c3[c-]c4ccccc4c(C(C)(C)C)c3)nccc12.[Ir]. The van der Waals surface area contributed by atoms with Crippen LogP contribution in [0.5, 0.6) is 0 Å². The van der Waals surface area contributed by atoms with Crippen molar-refractivity contribution in [3.8, 4) is 22.8 Å². The molecular weight excluding hydrogens is 775 g/mol. The van der Waals surface area contributed by atoms with E-state index >= 15 is 0 Å². The molecule has 5 nitrogen and oxygen atoms in total. The maximum absolute atomic E-state index is 11.7. The molecule has 0 amide bonds. The van der Waals surface area contributed by atoms with Gasteiger partial charge in [-0.1, -0.05) is 95.8 Å². The van der Waals surface area contributed by atoms with Gasteiger partial charge in [0.15, 0.2) is 17.3 Å². The molecule has 0 unspecified atom stereocenters. The summed E-state index contributed by atoms with van der Waals surface area (Å²) in [4.78, 5) is 16.4. The standard InChI is InChI=1S/C29H22NO2.C13H24O2.Ir/c1-29(2,3)23-15-21(14-18-8-4-6-10-22(18)23)27-28-20(12-13-30-27)17-26(32-28)25-16-19-9-5-7-11-24(19)31-25;1-5-10(6-2)12(14)9-13(15)11(7-3)8-4;/h4-13,15-17H,1-3H3;9-11,14H,5-8H2,1-4H3;/q-1;;/b;12-9-;/i17D;;. The number of carbonyl (C=O) groups is 1. The Kier molecular flexibility index (Phi) is 11.7. The van der Waals surface area contributed by atoms with Crippen molar-refractivity contribution in [2.24, 2.45) is 11.8 Å². The van der Waals surface area contributed by atoms with E-state index in [0.717, 1.165) is 47.6 Å². The van der Waals surface area contributed by atoms with Crippen LogP contribution in [0.3, 0.4) is 0 Å². The van der Waals surface area contributed by atoms with Gasteiger partial charge in [-0.3, -0.25) is 9.78 Å². The summed E-state index contributed by atoms with van der Waals surface area (Å²) in [5.74, 6) is 1.50. The van der Waals surface area contributed by atoms with Gasteiger partial charge in [-0.05, 0) is 55.3 Å². The van der Waals surface area contributed by atoms with Crippen LogP contribution < -0.4 is 0 Å². The molecule has 48 heavy (non-hydrogen) atoms. The first-order valence-electron chi connectivity index (χ1n) is 17.3. The Morgan fingerprint density at radius 2 is 1.56 bits per heavy atom. The van der Waals surface area contributed by atoms with Crippen LogP contribution >= 0.6 is 0 Å². The fraction of sp³-hybridized carbons (Fsp3) is 0.333. The number of fused-ring (bicyclic) bond motifs is 3. The van der Waals surface area contributed by atoms with E-state index in [1.54, 1.807) is 6.20 Å². The van der Waals surface area contributed by atoms with E-state index in [-0.39, 0.29) is 48.9 Å². The number of nitrogens with zero attached hydrogens (tertiary/aromatic N) is 1. The first-order chi connectivity index (χ1) is 23.0. The molecule has 1 radical (unpaired) electrons. The monoisotopic (exact) mass is 822 g/mol. The maximum Gasteiger partial charge on any atom is 0.170 e. The summed E-state index contributed by atoms with van der Waals surface area (Å²) in [7, 11) is 0. The van der Waals surface area contributed by atoms with Crippen molar-refractivity contribution < 1.29 is 40.2 Å². The average Bonchev–Trinajstić information content (AvgIpc) is 3.66. The summed E-state index contributed by atoms with van der Waals surface area (Å²) in [5, 5.41) is 13.7. The van der Waals surface area contributed by atoms with Crippen molar-refractivity contribution in [1.29, 1.82) is 0 Å². The number of pyridine rings is 1. The van der Waals surface area contributed by atoms with Gasteiger partial charge in [0.2, 0.25) is 0 Å². The van der Waals surface area contributed by atoms with E-state index < -0.39 is 0 Å². The van der Waals surface area contributed by atoms with Gasteiger partial charge in [0.05, 0.1) is 7.13 Å². The summed E-state index contributed by atoms with van der Waals surface area (Å²) in [6.07, 6.45) is 6.64. The molecule has 3 aromatic carbocycles. The molecule has 6 aromatic rings. The second kappa shape index (κ2) is 15.9. The fourth-order valence-corrected chi connectivity index (χ4v) is 6.06. The zero-order chi connectivity index (χ0) is 34.6. The molecule has 253 valence electrons. The zero-order valence-electron chi connectivity index (χ0n) is 29.9. The third-order valence-corrected chi connectivity index (χ3v) is 8.93. The second-order valence-electron chi connectivity index (χ2n) is 13.1. The molecule has 0 fully saturated rings. The number of rotatable bonds is 9. The summed E-state index contributed by atoms with van der Waals surface area (Å²) in [5.41, 5.74) is 4.04. The van der Waals surface area contributed by atoms with Crippen molar-refractivity contribution in [3.63, 3.8) is 0 Å². The molecule has 6 heteroatoms. The van der Waals surface area contributed by atoms with Crippen molar-refractivity contribution in [3.05, 3.63) is 102 Å². The van der Waals surface area contributed by atoms with E-state index in [9.17, 15) is 9.90 Å². The minimum Gasteiger partial charge on any atom is -0.512 e. The Bertz CT molecular complexity index is 2040. The van der Waals surface area contributed by atoms with Gasteiger partial charge in [0, 0.05) is 60.7 Å². The van der Waals surface area contributed by atoms with Crippen LogP contribution in [0.15, 0.2) is 99.6 Å². The molecule has 0 aliphatic carbocycles. The molecule has 6 rings (SSSR count). The summed E-state index contributed by atoms with van der Waals surface area (Å²) in [6.45, 7) is 14.7. The number of carbonyl (C=O) groups excluding carboxylic acids is 1. The Morgan fingerprint density at radius 1 is 0.896 bits per heavy atom. The van der Waals surface area contributed by atoms with Crippen molar-refractivity contribution >= 4 is 38.5 Å². The van der Waals surface area contributed by atoms with Crippen LogP contribution in [-0.4, -0.2) is 15.9 Å². The van der Waals surface area contributed by atoms with Gasteiger partial charge >= 0.3 is 0 Å². The number of ketones is 1. The molecular formula is C42H46IrNO4-. The predicted octanol–water partition coefficient (Wildman–Crippen LogP) is 12.0. The number of hydrogen-bond acceptors (Lipinski definition) is 5. The number of aliphatic hydroxyl groups is 1. The quantitative estimate of drug-likeness (QED) is 0.0893. The average molecular weight is 822 g/mol. The summed E-state index contributed by atoms with van der Waals surface area (Å²) >= 11 is 0. The minimum absolute atomic E-state index is 0. The number of hydrogen-bond donors (Lipinski definition) is 1. The Balaban J connectivity index is 0.000000290. The van der Waals surface area contributed by atoms with Crippen molar-refractivity contribution in [2.45, 2.75) is 79.6 Å². The first-order valence-corrected chi connectivity index (χ1v) is 16.8. The van der Waals surface area contributed by atoms with Crippen LogP contribution in [0, 0.1) is 17.9 Å². The van der Waals surface area contributed by atoms with Gasteiger partial charge in [-0.2, -0.15) is 0 Å². The number of furan rings is 2. The first kappa shape index (κ1) is 35.3. The van der Waals surface area contributed by atoms with Gasteiger partial charge in [0.1, 0.15) is 11.2 Å². The molecule has 0 saturated heterocycles. The number of aromatic nitrogens is 1. The minimum atomic E-state index is -0.0550. The topological polar surface area (TPSA) is 76.5 Å². The molecule has 0 aliphatic heterocycles. The van der Waals surface area contributed by atoms with Gasteiger partial charge in [0.25, 0.3) is 0 Å². The molecule has 0 aliphatic rings. The Labute approximate surface area is 299 Å². The number of para-hydroxylation sites is 1. The molecule has 3 aromatic heterocycles. The molecule has 0 saturated carbocycles. The van der Waals surface area contributed by atoms with Crippen LogP contribution in [0.1, 0.15) is 81.1 Å². The fourth-order valence-electron chi connectivity index (χ4n) is 6.06. The molecule has 3 heterocycles. The van der Waals surface area contributed by atoms with Crippen LogP contribution in [0.4, 0.5) is 0 Å². The normalized spacial score (nSPS) is 12.4. The predicted molar refractivity (Wildman–Crippen MR) is 194 cm³/mol. The number of aliphatic hydroxyl groups excluding tert-OH is 1. The van der Waals surface area contributed by atoms with E-state index in [2.05, 4.69) is 56.1 Å². The molecule has 1 N–H and O–H groups in total. The number of benzene rings is 3. The molecule has 0 spiro atoms. The Morgan fingerprint density at radius 3 is 2.23 bits per heavy atom. The van der Waals surface area contributed by atoms with E-state index in [1.165, 1.54) is 17.0 Å². The van der Waals surface area contributed by atoms with Crippen molar-refractivity contribution in [1.82, 2.24) is 4.98 Å². The van der Waals surface area contributed by atoms with Crippen LogP contribution in [-0.2, 0) is 30.3 Å². The largest absolute Gasteiger partial charge is 0.512 e. The summed E-state index contributed by atoms with van der Waals surface area (Å²) < 4.78 is 21.0. The molecule has 0 bridgehead atoms. The zero-order valence-corrected chi connectivity index (χ0v) is 31.3. The van der Waals surface area contributed by atoms with E-state index in [4.69, 9.17) is 10.2 Å². The van der Waals surface area contributed by atoms with Gasteiger partial charge < -0.3 is 13.9 Å². The maximum atomic E-state index is 11.7. The van der Waals surface area contributed by atoms with Crippen LogP contribution in [0.25, 0.3) is 55.5 Å². The molecule has 0 atom stereocenters. The third kappa shape index (κ3) is 7.99. The van der Waals surface area contributed by atoms with Gasteiger partial charge in [-0.15, -0.1) is 29.1 Å². The summed E-state index contributed by atoms with van der Waals surface area (Å²) in [6, 6.07) is 25.8. The van der Waals surface area contributed by atoms with Gasteiger partial charge in [-0.25, -0.2) is 0 Å². The second-order valence-corrected chi connectivity index (χ2v) is 13.1. The van der Waals surface area contributed by atoms with E-state index in [1.807, 2.05) is 70.2 Å². The number of allylic oxidation sites excluding steroid dienone is 2. The Hall–Kier alpha value is -3.99. The smallest absolute Gasteiger partial charge is 0.170 e.